The highest BCUT2D eigenvalue weighted by molar-refractivity contribution is 5.13. The van der Waals surface area contributed by atoms with Crippen molar-refractivity contribution in [3.63, 3.8) is 0 Å². The first kappa shape index (κ1) is 19.8. The van der Waals surface area contributed by atoms with Crippen molar-refractivity contribution in [2.75, 3.05) is 20.8 Å². The first-order chi connectivity index (χ1) is 12.8. The Labute approximate surface area is 158 Å². The molecule has 1 saturated heterocycles. The molecule has 0 bridgehead atoms. The second kappa shape index (κ2) is 9.84. The maximum atomic E-state index is 6.00. The van der Waals surface area contributed by atoms with E-state index in [1.54, 1.807) is 14.2 Å². The number of hydrogen-bond donors (Lipinski definition) is 1. The first-order valence-electron chi connectivity index (χ1n) is 10.2. The van der Waals surface area contributed by atoms with Gasteiger partial charge >= 0.3 is 0 Å². The molecule has 1 aromatic rings. The minimum Gasteiger partial charge on any atom is -0.375 e. The number of hydrogen-bond acceptors (Lipinski definition) is 4. The molecule has 1 heterocycles. The van der Waals surface area contributed by atoms with Gasteiger partial charge in [-0.25, -0.2) is 0 Å². The van der Waals surface area contributed by atoms with Crippen LogP contribution in [-0.2, 0) is 20.8 Å². The summed E-state index contributed by atoms with van der Waals surface area (Å²) in [7, 11) is 3.47. The molecule has 2 fully saturated rings. The van der Waals surface area contributed by atoms with Crippen LogP contribution in [0.2, 0.25) is 0 Å². The molecule has 146 valence electrons. The van der Waals surface area contributed by atoms with E-state index in [0.717, 1.165) is 18.9 Å². The van der Waals surface area contributed by atoms with Gasteiger partial charge in [-0.15, -0.1) is 0 Å². The molecule has 1 N–H and O–H groups in total. The first-order valence-corrected chi connectivity index (χ1v) is 10.2. The summed E-state index contributed by atoms with van der Waals surface area (Å²) in [5.74, 6) is 0.725. The number of ether oxygens (including phenoxy) is 3. The van der Waals surface area contributed by atoms with Crippen LogP contribution in [0.3, 0.4) is 0 Å². The third-order valence-corrected chi connectivity index (χ3v) is 6.34. The third kappa shape index (κ3) is 5.07. The lowest BCUT2D eigenvalue weighted by Gasteiger charge is -2.43. The average molecular weight is 362 g/mol. The highest BCUT2D eigenvalue weighted by atomic mass is 16.7. The van der Waals surface area contributed by atoms with Crippen LogP contribution in [0.25, 0.3) is 0 Å². The minimum atomic E-state index is -0.0691. The van der Waals surface area contributed by atoms with E-state index in [1.165, 1.54) is 50.5 Å². The lowest BCUT2D eigenvalue weighted by atomic mass is 9.70. The van der Waals surface area contributed by atoms with Gasteiger partial charge in [-0.05, 0) is 50.0 Å². The van der Waals surface area contributed by atoms with E-state index in [0.29, 0.717) is 18.2 Å². The van der Waals surface area contributed by atoms with E-state index in [-0.39, 0.29) is 6.29 Å². The fourth-order valence-corrected chi connectivity index (χ4v) is 4.92. The van der Waals surface area contributed by atoms with Crippen molar-refractivity contribution in [1.29, 1.82) is 0 Å². The molecule has 2 aliphatic rings. The van der Waals surface area contributed by atoms with Gasteiger partial charge in [-0.3, -0.25) is 0 Å². The van der Waals surface area contributed by atoms with Crippen LogP contribution in [0.1, 0.15) is 56.9 Å². The van der Waals surface area contributed by atoms with Crippen LogP contribution < -0.4 is 5.32 Å². The minimum absolute atomic E-state index is 0.0691. The van der Waals surface area contributed by atoms with Crippen molar-refractivity contribution >= 4 is 0 Å². The second-order valence-corrected chi connectivity index (χ2v) is 7.96. The topological polar surface area (TPSA) is 39.7 Å². The fraction of sp³-hybridized carbons (Fsp3) is 0.727. The van der Waals surface area contributed by atoms with Gasteiger partial charge in [0.25, 0.3) is 0 Å². The fourth-order valence-electron chi connectivity index (χ4n) is 4.92. The lowest BCUT2D eigenvalue weighted by Crippen LogP contribution is -2.51. The van der Waals surface area contributed by atoms with Crippen molar-refractivity contribution in [1.82, 2.24) is 5.32 Å². The zero-order valence-electron chi connectivity index (χ0n) is 16.4. The number of nitrogens with one attached hydrogen (secondary N) is 1. The molecule has 0 amide bonds. The van der Waals surface area contributed by atoms with Gasteiger partial charge in [-0.1, -0.05) is 43.2 Å². The Bertz CT molecular complexity index is 519. The van der Waals surface area contributed by atoms with Gasteiger partial charge in [-0.2, -0.15) is 0 Å². The molecule has 4 heteroatoms. The highest BCUT2D eigenvalue weighted by Crippen LogP contribution is 2.43. The van der Waals surface area contributed by atoms with Gasteiger partial charge in [0.2, 0.25) is 0 Å². The van der Waals surface area contributed by atoms with E-state index in [4.69, 9.17) is 14.2 Å². The van der Waals surface area contributed by atoms with Gasteiger partial charge in [0.05, 0.1) is 13.2 Å². The summed E-state index contributed by atoms with van der Waals surface area (Å²) >= 11 is 0. The zero-order valence-corrected chi connectivity index (χ0v) is 16.4. The van der Waals surface area contributed by atoms with Crippen LogP contribution >= 0.6 is 0 Å². The molecule has 4 nitrogen and oxygen atoms in total. The molecule has 1 aliphatic heterocycles. The van der Waals surface area contributed by atoms with Crippen molar-refractivity contribution in [3.05, 3.63) is 35.9 Å². The van der Waals surface area contributed by atoms with Crippen LogP contribution in [-0.4, -0.2) is 38.7 Å². The molecular formula is C22H35NO3. The normalized spacial score (nSPS) is 28.9. The summed E-state index contributed by atoms with van der Waals surface area (Å²) in [6.45, 7) is 1.51. The molecular weight excluding hydrogens is 326 g/mol. The second-order valence-electron chi connectivity index (χ2n) is 7.96. The van der Waals surface area contributed by atoms with Gasteiger partial charge in [0.1, 0.15) is 0 Å². The summed E-state index contributed by atoms with van der Waals surface area (Å²) < 4.78 is 16.8. The van der Waals surface area contributed by atoms with Crippen molar-refractivity contribution in [2.45, 2.75) is 75.8 Å². The predicted molar refractivity (Wildman–Crippen MR) is 104 cm³/mol. The van der Waals surface area contributed by atoms with Crippen molar-refractivity contribution in [3.8, 4) is 0 Å². The molecule has 1 aromatic carbocycles. The van der Waals surface area contributed by atoms with Gasteiger partial charge < -0.3 is 19.5 Å². The highest BCUT2D eigenvalue weighted by Gasteiger charge is 2.45. The summed E-state index contributed by atoms with van der Waals surface area (Å²) in [5, 5.41) is 4.00. The van der Waals surface area contributed by atoms with E-state index in [1.807, 2.05) is 6.07 Å². The molecule has 26 heavy (non-hydrogen) atoms. The van der Waals surface area contributed by atoms with Gasteiger partial charge in [0.15, 0.2) is 6.29 Å². The molecule has 0 aromatic heterocycles. The van der Waals surface area contributed by atoms with Crippen molar-refractivity contribution in [2.24, 2.45) is 5.92 Å². The molecule has 1 spiro atoms. The largest absolute Gasteiger partial charge is 0.375 e. The Morgan fingerprint density at radius 1 is 1.08 bits per heavy atom. The predicted octanol–water partition coefficient (Wildman–Crippen LogP) is 4.28. The molecule has 1 aliphatic carbocycles. The number of rotatable bonds is 9. The maximum absolute atomic E-state index is 6.00. The maximum Gasteiger partial charge on any atom is 0.156 e. The Morgan fingerprint density at radius 2 is 1.88 bits per heavy atom. The standard InChI is InChI=1S/C22H35NO3/c1-24-21(25-2)12-11-19-10-6-7-14-22(19)15-13-20(23-22)17-26-16-18-8-4-3-5-9-18/h3-5,8-9,19-21,23H,6-7,10-17H2,1-2H3/t19-,20-,22+/m0/s1. The monoisotopic (exact) mass is 361 g/mol. The Kier molecular flexibility index (Phi) is 7.50. The van der Waals surface area contributed by atoms with Crippen LogP contribution in [0.4, 0.5) is 0 Å². The van der Waals surface area contributed by atoms with E-state index < -0.39 is 0 Å². The van der Waals surface area contributed by atoms with Crippen molar-refractivity contribution < 1.29 is 14.2 Å². The zero-order chi connectivity index (χ0) is 18.2. The average Bonchev–Trinajstić information content (AvgIpc) is 3.08. The smallest absolute Gasteiger partial charge is 0.156 e. The Hall–Kier alpha value is -0.940. The summed E-state index contributed by atoms with van der Waals surface area (Å²) in [6, 6.07) is 10.9. The van der Waals surface area contributed by atoms with E-state index >= 15 is 0 Å². The lowest BCUT2D eigenvalue weighted by molar-refractivity contribution is -0.110. The van der Waals surface area contributed by atoms with E-state index in [2.05, 4.69) is 29.6 Å². The molecule has 1 saturated carbocycles. The quantitative estimate of drug-likeness (QED) is 0.666. The molecule has 0 radical (unpaired) electrons. The summed E-state index contributed by atoms with van der Waals surface area (Å²) in [6.07, 6.45) is 9.92. The van der Waals surface area contributed by atoms with Crippen LogP contribution in [0.5, 0.6) is 0 Å². The number of methoxy groups -OCH3 is 2. The summed E-state index contributed by atoms with van der Waals surface area (Å²) in [4.78, 5) is 0. The number of benzene rings is 1. The molecule has 0 unspecified atom stereocenters. The van der Waals surface area contributed by atoms with E-state index in [9.17, 15) is 0 Å². The summed E-state index contributed by atoms with van der Waals surface area (Å²) in [5.41, 5.74) is 1.56. The van der Waals surface area contributed by atoms with Crippen LogP contribution in [0.15, 0.2) is 30.3 Å². The van der Waals surface area contributed by atoms with Gasteiger partial charge in [0, 0.05) is 25.8 Å². The van der Waals surface area contributed by atoms with Crippen LogP contribution in [0, 0.1) is 5.92 Å². The Morgan fingerprint density at radius 3 is 2.65 bits per heavy atom. The SMILES string of the molecule is COC(CC[C@@H]1CCCC[C@@]12CC[C@@H](COCc1ccccc1)N2)OC. The molecule has 3 atom stereocenters. The molecule has 3 rings (SSSR count). The third-order valence-electron chi connectivity index (χ3n) is 6.34. The Balaban J connectivity index is 1.48.